The van der Waals surface area contributed by atoms with Gasteiger partial charge in [-0.1, -0.05) is 41.9 Å². The quantitative estimate of drug-likeness (QED) is 0.465. The van der Waals surface area contributed by atoms with E-state index in [-0.39, 0.29) is 11.6 Å². The third-order valence-electron chi connectivity index (χ3n) is 5.69. The van der Waals surface area contributed by atoms with Gasteiger partial charge in [0.15, 0.2) is 0 Å². The first-order chi connectivity index (χ1) is 15.6. The minimum atomic E-state index is -0.163. The lowest BCUT2D eigenvalue weighted by Gasteiger charge is -2.27. The predicted molar refractivity (Wildman–Crippen MR) is 129 cm³/mol. The maximum atomic E-state index is 13.2. The Morgan fingerprint density at radius 3 is 2.69 bits per heavy atom. The molecule has 0 saturated heterocycles. The molecular weight excluding hydrogens is 444 g/mol. The molecule has 0 saturated carbocycles. The standard InChI is InChI=1S/C24H21ClN4O2S/c25-17-6-8-18(9-7-17)27-24(31)28-13-11-19-20(14-28)32-22-21(19)23(30)29(15-26-22)12-10-16-4-2-1-3-5-16/h1-9,15H,10-14H2,(H,27,31). The molecule has 2 amide bonds. The van der Waals surface area contributed by atoms with Gasteiger partial charge >= 0.3 is 6.03 Å². The van der Waals surface area contributed by atoms with E-state index >= 15 is 0 Å². The smallest absolute Gasteiger partial charge is 0.319 e. The van der Waals surface area contributed by atoms with Crippen molar-refractivity contribution in [2.75, 3.05) is 11.9 Å². The summed E-state index contributed by atoms with van der Waals surface area (Å²) in [6.07, 6.45) is 3.06. The summed E-state index contributed by atoms with van der Waals surface area (Å²) in [6, 6.07) is 17.0. The summed E-state index contributed by atoms with van der Waals surface area (Å²) in [5.74, 6) is 0. The van der Waals surface area contributed by atoms with E-state index in [9.17, 15) is 9.59 Å². The van der Waals surface area contributed by atoms with Crippen LogP contribution in [0, 0.1) is 0 Å². The molecule has 6 nitrogen and oxygen atoms in total. The van der Waals surface area contributed by atoms with Crippen molar-refractivity contribution in [3.05, 3.63) is 92.3 Å². The van der Waals surface area contributed by atoms with Crippen molar-refractivity contribution < 1.29 is 4.79 Å². The molecule has 8 heteroatoms. The highest BCUT2D eigenvalue weighted by molar-refractivity contribution is 7.18. The van der Waals surface area contributed by atoms with Gasteiger partial charge in [-0.2, -0.15) is 0 Å². The maximum Gasteiger partial charge on any atom is 0.322 e. The van der Waals surface area contributed by atoms with Gasteiger partial charge < -0.3 is 10.2 Å². The Bertz CT molecular complexity index is 1330. The molecular formula is C24H21ClN4O2S. The van der Waals surface area contributed by atoms with Crippen molar-refractivity contribution in [3.8, 4) is 0 Å². The van der Waals surface area contributed by atoms with Gasteiger partial charge in [0.1, 0.15) is 4.83 Å². The number of hydrogen-bond acceptors (Lipinski definition) is 4. The van der Waals surface area contributed by atoms with Crippen molar-refractivity contribution in [3.63, 3.8) is 0 Å². The molecule has 0 fully saturated rings. The highest BCUT2D eigenvalue weighted by atomic mass is 35.5. The molecule has 2 aromatic heterocycles. The largest absolute Gasteiger partial charge is 0.322 e. The van der Waals surface area contributed by atoms with Crippen molar-refractivity contribution in [2.45, 2.75) is 25.9 Å². The second kappa shape index (κ2) is 8.76. The molecule has 3 heterocycles. The average Bonchev–Trinajstić information content (AvgIpc) is 3.19. The van der Waals surface area contributed by atoms with Crippen LogP contribution >= 0.6 is 22.9 Å². The summed E-state index contributed by atoms with van der Waals surface area (Å²) >= 11 is 7.41. The van der Waals surface area contributed by atoms with Crippen LogP contribution in [0.4, 0.5) is 10.5 Å². The van der Waals surface area contributed by atoms with Crippen molar-refractivity contribution in [2.24, 2.45) is 0 Å². The first-order valence-corrected chi connectivity index (χ1v) is 11.6. The van der Waals surface area contributed by atoms with Gasteiger partial charge in [-0.25, -0.2) is 9.78 Å². The Labute approximate surface area is 194 Å². The molecule has 2 aromatic carbocycles. The number of carbonyl (C=O) groups is 1. The highest BCUT2D eigenvalue weighted by Crippen LogP contribution is 2.32. The molecule has 4 aromatic rings. The van der Waals surface area contributed by atoms with Crippen molar-refractivity contribution >= 4 is 44.9 Å². The zero-order valence-corrected chi connectivity index (χ0v) is 18.8. The highest BCUT2D eigenvalue weighted by Gasteiger charge is 2.26. The third kappa shape index (κ3) is 4.13. The Kier molecular flexibility index (Phi) is 5.68. The number of hydrogen-bond donors (Lipinski definition) is 1. The lowest BCUT2D eigenvalue weighted by molar-refractivity contribution is 0.207. The molecule has 1 N–H and O–H groups in total. The Balaban J connectivity index is 1.35. The molecule has 162 valence electrons. The SMILES string of the molecule is O=C(Nc1ccc(Cl)cc1)N1CCc2c(sc3ncn(CCc4ccccc4)c(=O)c23)C1. The topological polar surface area (TPSA) is 67.2 Å². The van der Waals surface area contributed by atoms with Gasteiger partial charge in [0.25, 0.3) is 5.56 Å². The zero-order chi connectivity index (χ0) is 22.1. The molecule has 32 heavy (non-hydrogen) atoms. The molecule has 1 aliphatic heterocycles. The summed E-state index contributed by atoms with van der Waals surface area (Å²) < 4.78 is 1.70. The minimum absolute atomic E-state index is 0.00231. The van der Waals surface area contributed by atoms with E-state index in [0.717, 1.165) is 21.7 Å². The summed E-state index contributed by atoms with van der Waals surface area (Å²) in [7, 11) is 0. The lowest BCUT2D eigenvalue weighted by atomic mass is 10.1. The van der Waals surface area contributed by atoms with Gasteiger partial charge in [0.05, 0.1) is 18.3 Å². The fourth-order valence-electron chi connectivity index (χ4n) is 3.98. The van der Waals surface area contributed by atoms with Crippen LogP contribution in [-0.4, -0.2) is 27.0 Å². The number of fused-ring (bicyclic) bond motifs is 3. The van der Waals surface area contributed by atoms with Gasteiger partial charge in [-0.15, -0.1) is 11.3 Å². The van der Waals surface area contributed by atoms with Crippen LogP contribution in [0.3, 0.4) is 0 Å². The summed E-state index contributed by atoms with van der Waals surface area (Å²) in [6.45, 7) is 1.61. The first-order valence-electron chi connectivity index (χ1n) is 10.4. The minimum Gasteiger partial charge on any atom is -0.319 e. The van der Waals surface area contributed by atoms with E-state index in [0.29, 0.717) is 42.2 Å². The van der Waals surface area contributed by atoms with E-state index in [1.165, 1.54) is 16.9 Å². The number of nitrogens with zero attached hydrogens (tertiary/aromatic N) is 3. The normalized spacial score (nSPS) is 13.2. The number of carbonyl (C=O) groups excluding carboxylic acids is 1. The second-order valence-electron chi connectivity index (χ2n) is 7.77. The molecule has 0 unspecified atom stereocenters. The van der Waals surface area contributed by atoms with Crippen LogP contribution in [0.25, 0.3) is 10.2 Å². The fourth-order valence-corrected chi connectivity index (χ4v) is 5.30. The monoisotopic (exact) mass is 464 g/mol. The molecule has 0 spiro atoms. The average molecular weight is 465 g/mol. The number of anilines is 1. The number of urea groups is 1. The maximum absolute atomic E-state index is 13.2. The van der Waals surface area contributed by atoms with Gasteiger partial charge in [-0.3, -0.25) is 9.36 Å². The Morgan fingerprint density at radius 2 is 1.91 bits per heavy atom. The van der Waals surface area contributed by atoms with Crippen molar-refractivity contribution in [1.29, 1.82) is 0 Å². The number of aryl methyl sites for hydroxylation is 2. The molecule has 0 radical (unpaired) electrons. The van der Waals surface area contributed by atoms with Crippen LogP contribution < -0.4 is 10.9 Å². The van der Waals surface area contributed by atoms with Gasteiger partial charge in [-0.05, 0) is 48.2 Å². The van der Waals surface area contributed by atoms with Crippen LogP contribution in [0.15, 0.2) is 65.7 Å². The molecule has 0 bridgehead atoms. The van der Waals surface area contributed by atoms with Gasteiger partial charge in [0.2, 0.25) is 0 Å². The van der Waals surface area contributed by atoms with Gasteiger partial charge in [0, 0.05) is 28.7 Å². The van der Waals surface area contributed by atoms with E-state index in [4.69, 9.17) is 11.6 Å². The van der Waals surface area contributed by atoms with Crippen LogP contribution in [0.1, 0.15) is 16.0 Å². The van der Waals surface area contributed by atoms with Crippen LogP contribution in [0.2, 0.25) is 5.02 Å². The third-order valence-corrected chi connectivity index (χ3v) is 7.07. The predicted octanol–water partition coefficient (Wildman–Crippen LogP) is 4.94. The van der Waals surface area contributed by atoms with Crippen LogP contribution in [0.5, 0.6) is 0 Å². The Morgan fingerprint density at radius 1 is 1.12 bits per heavy atom. The number of halogens is 1. The van der Waals surface area contributed by atoms with E-state index in [1.54, 1.807) is 40.1 Å². The van der Waals surface area contributed by atoms with Crippen molar-refractivity contribution in [1.82, 2.24) is 14.5 Å². The first kappa shape index (κ1) is 20.7. The number of aromatic nitrogens is 2. The Hall–Kier alpha value is -3.16. The van der Waals surface area contributed by atoms with E-state index < -0.39 is 0 Å². The number of amides is 2. The lowest BCUT2D eigenvalue weighted by Crippen LogP contribution is -2.38. The fraction of sp³-hybridized carbons (Fsp3) is 0.208. The number of rotatable bonds is 4. The summed E-state index contributed by atoms with van der Waals surface area (Å²) in [5.41, 5.74) is 2.92. The zero-order valence-electron chi connectivity index (χ0n) is 17.3. The summed E-state index contributed by atoms with van der Waals surface area (Å²) in [5, 5.41) is 4.24. The molecule has 0 atom stereocenters. The molecule has 0 aliphatic carbocycles. The second-order valence-corrected chi connectivity index (χ2v) is 9.29. The number of benzene rings is 2. The van der Waals surface area contributed by atoms with E-state index in [2.05, 4.69) is 22.4 Å². The van der Waals surface area contributed by atoms with Crippen LogP contribution in [-0.2, 0) is 25.9 Å². The van der Waals surface area contributed by atoms with E-state index in [1.807, 2.05) is 18.2 Å². The molecule has 5 rings (SSSR count). The summed E-state index contributed by atoms with van der Waals surface area (Å²) in [4.78, 5) is 34.0. The number of nitrogens with one attached hydrogen (secondary N) is 1. The molecule has 1 aliphatic rings. The number of thiophene rings is 1.